The van der Waals surface area contributed by atoms with Gasteiger partial charge >= 0.3 is 11.9 Å². The van der Waals surface area contributed by atoms with E-state index in [-0.39, 0.29) is 26.0 Å². The van der Waals surface area contributed by atoms with Crippen LogP contribution in [0.5, 0.6) is 0 Å². The summed E-state index contributed by atoms with van der Waals surface area (Å²) in [6.07, 6.45) is 0.279. The molecule has 0 saturated carbocycles. The molecular formula is C24H22N2O5. The highest BCUT2D eigenvalue weighted by Gasteiger charge is 2.40. The first-order valence-corrected chi connectivity index (χ1v) is 9.90. The van der Waals surface area contributed by atoms with Crippen LogP contribution in [0.25, 0.3) is 0 Å². The highest BCUT2D eigenvalue weighted by atomic mass is 16.7. The molecule has 1 fully saturated rings. The summed E-state index contributed by atoms with van der Waals surface area (Å²) in [6, 6.07) is 17.0. The van der Waals surface area contributed by atoms with Crippen LogP contribution in [0.15, 0.2) is 54.6 Å². The van der Waals surface area contributed by atoms with Gasteiger partial charge < -0.3 is 14.7 Å². The molecule has 0 radical (unpaired) electrons. The van der Waals surface area contributed by atoms with Crippen LogP contribution >= 0.6 is 0 Å². The Balaban J connectivity index is 1.85. The highest BCUT2D eigenvalue weighted by molar-refractivity contribution is 5.89. The maximum atomic E-state index is 12.6. The predicted molar refractivity (Wildman–Crippen MR) is 111 cm³/mol. The summed E-state index contributed by atoms with van der Waals surface area (Å²) in [5.74, 6) is 3.74. The number of piperidine rings is 1. The monoisotopic (exact) mass is 418 g/mol. The fourth-order valence-corrected chi connectivity index (χ4v) is 3.33. The average Bonchev–Trinajstić information content (AvgIpc) is 2.80. The molecule has 0 bridgehead atoms. The normalized spacial score (nSPS) is 20.6. The summed E-state index contributed by atoms with van der Waals surface area (Å²) in [4.78, 5) is 29.8. The number of benzene rings is 2. The van der Waals surface area contributed by atoms with Crippen molar-refractivity contribution in [2.45, 2.75) is 31.4 Å². The number of carbonyl (C=O) groups excluding carboxylic acids is 2. The first kappa shape index (κ1) is 22.0. The Morgan fingerprint density at radius 2 is 1.90 bits per heavy atom. The molecule has 0 amide bonds. The minimum atomic E-state index is -1.46. The first-order chi connectivity index (χ1) is 14.9. The Morgan fingerprint density at radius 3 is 2.55 bits per heavy atom. The van der Waals surface area contributed by atoms with Crippen LogP contribution in [0.4, 0.5) is 0 Å². The molecule has 7 heteroatoms. The summed E-state index contributed by atoms with van der Waals surface area (Å²) in [6.45, 7) is 2.08. The molecule has 2 atom stereocenters. The molecule has 1 heterocycles. The van der Waals surface area contributed by atoms with E-state index < -0.39 is 23.6 Å². The summed E-state index contributed by atoms with van der Waals surface area (Å²) >= 11 is 0. The maximum absolute atomic E-state index is 12.6. The molecule has 158 valence electrons. The van der Waals surface area contributed by atoms with Gasteiger partial charge in [0.25, 0.3) is 0 Å². The molecule has 1 aliphatic heterocycles. The third kappa shape index (κ3) is 5.70. The largest absolute Gasteiger partial charge is 0.456 e. The molecule has 7 nitrogen and oxygen atoms in total. The highest BCUT2D eigenvalue weighted by Crippen LogP contribution is 2.37. The van der Waals surface area contributed by atoms with Crippen LogP contribution in [0.3, 0.4) is 0 Å². The van der Waals surface area contributed by atoms with E-state index in [1.165, 1.54) is 5.06 Å². The Kier molecular flexibility index (Phi) is 7.04. The van der Waals surface area contributed by atoms with E-state index in [1.54, 1.807) is 61.5 Å². The molecule has 0 aliphatic carbocycles. The SMILES string of the molecule is CCOC(=O)C#CC1(O)CCN(OC(=O)c2ccccc2)C(c2ccc(C#N)cc2)C1. The first-order valence-electron chi connectivity index (χ1n) is 9.90. The predicted octanol–water partition coefficient (Wildman–Crippen LogP) is 2.76. The lowest BCUT2D eigenvalue weighted by Gasteiger charge is -2.40. The Labute approximate surface area is 180 Å². The van der Waals surface area contributed by atoms with Gasteiger partial charge in [0.2, 0.25) is 0 Å². The van der Waals surface area contributed by atoms with Crippen molar-refractivity contribution >= 4 is 11.9 Å². The Hall–Kier alpha value is -3.65. The van der Waals surface area contributed by atoms with E-state index in [4.69, 9.17) is 14.8 Å². The van der Waals surface area contributed by atoms with Crippen LogP contribution < -0.4 is 0 Å². The van der Waals surface area contributed by atoms with Crippen LogP contribution in [0, 0.1) is 23.2 Å². The van der Waals surface area contributed by atoms with Gasteiger partial charge in [-0.05, 0) is 36.8 Å². The minimum Gasteiger partial charge on any atom is -0.456 e. The van der Waals surface area contributed by atoms with Crippen LogP contribution in [-0.4, -0.2) is 40.9 Å². The van der Waals surface area contributed by atoms with E-state index in [0.29, 0.717) is 11.1 Å². The van der Waals surface area contributed by atoms with Crippen LogP contribution in [0.2, 0.25) is 0 Å². The summed E-state index contributed by atoms with van der Waals surface area (Å²) < 4.78 is 4.80. The van der Waals surface area contributed by atoms with E-state index >= 15 is 0 Å². The number of hydrogen-bond donors (Lipinski definition) is 1. The molecule has 0 aromatic heterocycles. The number of hydrogen-bond acceptors (Lipinski definition) is 7. The quantitative estimate of drug-likeness (QED) is 0.463. The molecule has 31 heavy (non-hydrogen) atoms. The van der Waals surface area contributed by atoms with E-state index in [0.717, 1.165) is 5.56 Å². The zero-order chi connectivity index (χ0) is 22.3. The topological polar surface area (TPSA) is 99.9 Å². The van der Waals surface area contributed by atoms with Crippen molar-refractivity contribution in [3.05, 3.63) is 71.3 Å². The molecule has 2 unspecified atom stereocenters. The van der Waals surface area contributed by atoms with Crippen molar-refractivity contribution in [2.75, 3.05) is 13.2 Å². The summed E-state index contributed by atoms with van der Waals surface area (Å²) in [5.41, 5.74) is 0.186. The van der Waals surface area contributed by atoms with Gasteiger partial charge in [-0.15, -0.1) is 5.06 Å². The molecule has 2 aromatic rings. The van der Waals surface area contributed by atoms with Crippen molar-refractivity contribution in [2.24, 2.45) is 0 Å². The molecule has 0 spiro atoms. The van der Waals surface area contributed by atoms with Gasteiger partial charge in [0.15, 0.2) is 0 Å². The zero-order valence-electron chi connectivity index (χ0n) is 17.1. The molecule has 1 N–H and O–H groups in total. The number of ether oxygens (including phenoxy) is 1. The number of hydroxylamine groups is 2. The average molecular weight is 418 g/mol. The molecular weight excluding hydrogens is 396 g/mol. The summed E-state index contributed by atoms with van der Waals surface area (Å²) in [7, 11) is 0. The second-order valence-corrected chi connectivity index (χ2v) is 7.09. The number of carbonyl (C=O) groups is 2. The van der Waals surface area contributed by atoms with Gasteiger partial charge in [-0.2, -0.15) is 5.26 Å². The van der Waals surface area contributed by atoms with E-state index in [1.807, 2.05) is 0 Å². The van der Waals surface area contributed by atoms with E-state index in [9.17, 15) is 14.7 Å². The van der Waals surface area contributed by atoms with Crippen LogP contribution in [-0.2, 0) is 14.4 Å². The smallest absolute Gasteiger partial charge is 0.384 e. The van der Waals surface area contributed by atoms with Crippen molar-refractivity contribution in [1.82, 2.24) is 5.06 Å². The number of esters is 1. The molecule has 2 aromatic carbocycles. The van der Waals surface area contributed by atoms with Gasteiger partial charge in [0.05, 0.1) is 29.8 Å². The van der Waals surface area contributed by atoms with Gasteiger partial charge in [0.1, 0.15) is 5.60 Å². The lowest BCUT2D eigenvalue weighted by Crippen LogP contribution is -2.46. The lowest BCUT2D eigenvalue weighted by atomic mass is 9.84. The van der Waals surface area contributed by atoms with Gasteiger partial charge in [-0.25, -0.2) is 9.59 Å². The Bertz CT molecular complexity index is 1030. The fourth-order valence-electron chi connectivity index (χ4n) is 3.33. The number of rotatable bonds is 4. The zero-order valence-corrected chi connectivity index (χ0v) is 17.1. The fraction of sp³-hybridized carbons (Fsp3) is 0.292. The van der Waals surface area contributed by atoms with Gasteiger partial charge in [-0.1, -0.05) is 36.3 Å². The van der Waals surface area contributed by atoms with Crippen molar-refractivity contribution < 1.29 is 24.3 Å². The van der Waals surface area contributed by atoms with Crippen LogP contribution in [0.1, 0.15) is 47.3 Å². The Morgan fingerprint density at radius 1 is 1.19 bits per heavy atom. The lowest BCUT2D eigenvalue weighted by molar-refractivity contribution is -0.177. The number of nitriles is 1. The summed E-state index contributed by atoms with van der Waals surface area (Å²) in [5, 5.41) is 21.6. The standard InChI is InChI=1S/C24H22N2O5/c1-2-30-22(27)12-13-24(29)14-15-26(31-23(28)20-6-4-3-5-7-20)21(16-24)19-10-8-18(17-25)9-11-19/h3-11,21,29H,2,14-16H2,1H3. The van der Waals surface area contributed by atoms with Crippen molar-refractivity contribution in [1.29, 1.82) is 5.26 Å². The van der Waals surface area contributed by atoms with Crippen molar-refractivity contribution in [3.8, 4) is 17.9 Å². The maximum Gasteiger partial charge on any atom is 0.384 e. The molecule has 1 aliphatic rings. The minimum absolute atomic E-state index is 0.105. The van der Waals surface area contributed by atoms with Gasteiger partial charge in [0, 0.05) is 25.3 Å². The molecule has 3 rings (SSSR count). The molecule has 1 saturated heterocycles. The van der Waals surface area contributed by atoms with Crippen molar-refractivity contribution in [3.63, 3.8) is 0 Å². The second kappa shape index (κ2) is 9.90. The third-order valence-electron chi connectivity index (χ3n) is 4.93. The number of nitrogens with zero attached hydrogens (tertiary/aromatic N) is 2. The van der Waals surface area contributed by atoms with Gasteiger partial charge in [-0.3, -0.25) is 0 Å². The second-order valence-electron chi connectivity index (χ2n) is 7.09. The third-order valence-corrected chi connectivity index (χ3v) is 4.93. The van der Waals surface area contributed by atoms with E-state index in [2.05, 4.69) is 17.9 Å². The number of aliphatic hydroxyl groups is 1.